The maximum atomic E-state index is 13.9. The number of benzene rings is 3. The van der Waals surface area contributed by atoms with E-state index >= 15 is 0 Å². The third kappa shape index (κ3) is 6.55. The fourth-order valence-electron chi connectivity index (χ4n) is 6.02. The van der Waals surface area contributed by atoms with Crippen LogP contribution >= 0.6 is 11.6 Å². The maximum Gasteiger partial charge on any atom is 0.254 e. The summed E-state index contributed by atoms with van der Waals surface area (Å²) in [5, 5.41) is 0.533. The van der Waals surface area contributed by atoms with Gasteiger partial charge in [0, 0.05) is 61.0 Å². The summed E-state index contributed by atoms with van der Waals surface area (Å²) in [5.41, 5.74) is 4.48. The Hall–Kier alpha value is -4.43. The molecular formula is C35H35ClN4O4. The Labute approximate surface area is 262 Å². The molecule has 3 aromatic carbocycles. The van der Waals surface area contributed by atoms with Crippen molar-refractivity contribution in [2.45, 2.75) is 38.8 Å². The summed E-state index contributed by atoms with van der Waals surface area (Å²) in [6.07, 6.45) is 7.05. The average molecular weight is 611 g/mol. The normalized spacial score (nSPS) is 16.3. The summed E-state index contributed by atoms with van der Waals surface area (Å²) in [5.74, 6) is -0.325. The highest BCUT2D eigenvalue weighted by molar-refractivity contribution is 6.30. The molecule has 1 fully saturated rings. The Morgan fingerprint density at radius 1 is 0.705 bits per heavy atom. The Kier molecular flexibility index (Phi) is 8.79. The number of fused-ring (bicyclic) bond motifs is 1. The zero-order chi connectivity index (χ0) is 30.6. The van der Waals surface area contributed by atoms with Gasteiger partial charge in [0.25, 0.3) is 11.8 Å². The zero-order valence-electron chi connectivity index (χ0n) is 24.6. The summed E-state index contributed by atoms with van der Waals surface area (Å²) in [7, 11) is 0. The number of hydrogen-bond donors (Lipinski definition) is 0. The highest BCUT2D eigenvalue weighted by Gasteiger charge is 2.30. The minimum atomic E-state index is -0.248. The van der Waals surface area contributed by atoms with E-state index in [1.165, 1.54) is 0 Å². The van der Waals surface area contributed by atoms with Crippen LogP contribution in [0.2, 0.25) is 5.02 Å². The van der Waals surface area contributed by atoms with Crippen LogP contribution in [0.1, 0.15) is 56.7 Å². The molecule has 0 radical (unpaired) electrons. The largest absolute Gasteiger partial charge is 0.343 e. The van der Waals surface area contributed by atoms with E-state index in [2.05, 4.69) is 0 Å². The van der Waals surface area contributed by atoms with E-state index in [0.717, 1.165) is 48.3 Å². The Morgan fingerprint density at radius 3 is 2.00 bits per heavy atom. The molecule has 0 N–H and O–H groups in total. The molecular weight excluding hydrogens is 576 g/mol. The fraction of sp³-hybridized carbons (Fsp3) is 0.314. The summed E-state index contributed by atoms with van der Waals surface area (Å²) in [6.45, 7) is 3.32. The van der Waals surface area contributed by atoms with Gasteiger partial charge in [-0.05, 0) is 78.4 Å². The number of carbonyl (C=O) groups is 4. The van der Waals surface area contributed by atoms with E-state index < -0.39 is 0 Å². The van der Waals surface area contributed by atoms with Crippen molar-refractivity contribution in [3.63, 3.8) is 0 Å². The van der Waals surface area contributed by atoms with Crippen LogP contribution in [0.15, 0.2) is 78.9 Å². The average Bonchev–Trinajstić information content (AvgIpc) is 3.76. The van der Waals surface area contributed by atoms with Crippen molar-refractivity contribution in [2.24, 2.45) is 0 Å². The number of aryl methyl sites for hydroxylation is 1. The predicted molar refractivity (Wildman–Crippen MR) is 169 cm³/mol. The molecule has 0 unspecified atom stereocenters. The number of amides is 4. The van der Waals surface area contributed by atoms with E-state index in [0.29, 0.717) is 42.1 Å². The molecule has 0 aromatic heterocycles. The first-order valence-corrected chi connectivity index (χ1v) is 15.5. The second-order valence-electron chi connectivity index (χ2n) is 11.6. The highest BCUT2D eigenvalue weighted by Crippen LogP contribution is 2.30. The maximum absolute atomic E-state index is 13.9. The topological polar surface area (TPSA) is 81.2 Å². The van der Waals surface area contributed by atoms with Crippen molar-refractivity contribution in [2.75, 3.05) is 37.6 Å². The summed E-state index contributed by atoms with van der Waals surface area (Å²) in [6, 6.07) is 20.0. The lowest BCUT2D eigenvalue weighted by Crippen LogP contribution is -2.39. The van der Waals surface area contributed by atoms with Crippen LogP contribution in [0, 0.1) is 0 Å². The van der Waals surface area contributed by atoms with Gasteiger partial charge in [-0.25, -0.2) is 0 Å². The molecule has 8 nitrogen and oxygen atoms in total. The Balaban J connectivity index is 1.26. The molecule has 44 heavy (non-hydrogen) atoms. The van der Waals surface area contributed by atoms with Gasteiger partial charge in [-0.2, -0.15) is 0 Å². The minimum absolute atomic E-state index is 0.0257. The van der Waals surface area contributed by atoms with Crippen LogP contribution in [-0.4, -0.2) is 71.1 Å². The van der Waals surface area contributed by atoms with Gasteiger partial charge in [-0.15, -0.1) is 0 Å². The van der Waals surface area contributed by atoms with E-state index in [-0.39, 0.29) is 43.3 Å². The van der Waals surface area contributed by atoms with Crippen molar-refractivity contribution in [3.8, 4) is 0 Å². The van der Waals surface area contributed by atoms with Crippen LogP contribution < -0.4 is 4.90 Å². The lowest BCUT2D eigenvalue weighted by Gasteiger charge is -2.24. The van der Waals surface area contributed by atoms with Gasteiger partial charge in [0.05, 0.1) is 6.54 Å². The quantitative estimate of drug-likeness (QED) is 0.349. The molecule has 3 aliphatic rings. The molecule has 9 heteroatoms. The molecule has 1 saturated heterocycles. The first-order valence-electron chi connectivity index (χ1n) is 15.1. The molecule has 4 amide bonds. The minimum Gasteiger partial charge on any atom is -0.343 e. The van der Waals surface area contributed by atoms with Crippen LogP contribution in [0.3, 0.4) is 0 Å². The van der Waals surface area contributed by atoms with Crippen LogP contribution in [0.25, 0.3) is 0 Å². The van der Waals surface area contributed by atoms with Gasteiger partial charge >= 0.3 is 0 Å². The molecule has 0 bridgehead atoms. The Bertz CT molecular complexity index is 1590. The van der Waals surface area contributed by atoms with E-state index in [1.807, 2.05) is 47.4 Å². The summed E-state index contributed by atoms with van der Waals surface area (Å²) >= 11 is 6.04. The first kappa shape index (κ1) is 29.6. The van der Waals surface area contributed by atoms with E-state index in [4.69, 9.17) is 11.6 Å². The standard InChI is InChI=1S/C35H35ClN4O4/c36-30-14-12-28(13-15-30)35(44)39-23-29-11-5-25(8-16-32(41)37-17-1-2-18-37)21-31(29)40(33(42)24-39)22-26-6-9-27(10-7-26)34(43)38-19-3-4-20-38/h3-7,9-15,21H,1-2,8,16-20,22-24H2. The fourth-order valence-corrected chi connectivity index (χ4v) is 6.15. The van der Waals surface area contributed by atoms with Crippen molar-refractivity contribution < 1.29 is 19.2 Å². The smallest absolute Gasteiger partial charge is 0.254 e. The molecule has 3 aromatic rings. The van der Waals surface area contributed by atoms with Gasteiger partial charge in [-0.3, -0.25) is 19.2 Å². The van der Waals surface area contributed by atoms with E-state index in [9.17, 15) is 19.2 Å². The highest BCUT2D eigenvalue weighted by atomic mass is 35.5. The lowest BCUT2D eigenvalue weighted by molar-refractivity contribution is -0.130. The lowest BCUT2D eigenvalue weighted by atomic mass is 10.0. The number of nitrogens with zero attached hydrogens (tertiary/aromatic N) is 4. The van der Waals surface area contributed by atoms with Crippen molar-refractivity contribution in [1.82, 2.24) is 14.7 Å². The van der Waals surface area contributed by atoms with Gasteiger partial charge in [0.1, 0.15) is 6.54 Å². The SMILES string of the molecule is O=C(CCc1ccc2c(c1)N(Cc1ccc(C(=O)N3CC=CC3)cc1)C(=O)CN(C(=O)c1ccc(Cl)cc1)C2)N1CCCC1. The van der Waals surface area contributed by atoms with Gasteiger partial charge in [-0.1, -0.05) is 48.0 Å². The first-order chi connectivity index (χ1) is 21.4. The summed E-state index contributed by atoms with van der Waals surface area (Å²) < 4.78 is 0. The van der Waals surface area contributed by atoms with Gasteiger partial charge in [0.15, 0.2) is 0 Å². The number of rotatable bonds is 7. The predicted octanol–water partition coefficient (Wildman–Crippen LogP) is 5.10. The van der Waals surface area contributed by atoms with Gasteiger partial charge in [0.2, 0.25) is 11.8 Å². The van der Waals surface area contributed by atoms with Crippen LogP contribution in [-0.2, 0) is 29.1 Å². The third-order valence-corrected chi connectivity index (χ3v) is 8.79. The molecule has 0 saturated carbocycles. The number of hydrogen-bond acceptors (Lipinski definition) is 4. The zero-order valence-corrected chi connectivity index (χ0v) is 25.3. The van der Waals surface area contributed by atoms with Crippen molar-refractivity contribution in [3.05, 3.63) is 112 Å². The molecule has 0 aliphatic carbocycles. The molecule has 0 spiro atoms. The number of anilines is 1. The second-order valence-corrected chi connectivity index (χ2v) is 12.0. The monoisotopic (exact) mass is 610 g/mol. The molecule has 226 valence electrons. The van der Waals surface area contributed by atoms with Crippen LogP contribution in [0.4, 0.5) is 5.69 Å². The third-order valence-electron chi connectivity index (χ3n) is 8.54. The van der Waals surface area contributed by atoms with Gasteiger partial charge < -0.3 is 19.6 Å². The number of likely N-dealkylation sites (tertiary alicyclic amines) is 1. The molecule has 0 atom stereocenters. The Morgan fingerprint density at radius 2 is 1.32 bits per heavy atom. The number of halogens is 1. The molecule has 3 heterocycles. The van der Waals surface area contributed by atoms with Crippen molar-refractivity contribution >= 4 is 40.9 Å². The second kappa shape index (κ2) is 13.1. The van der Waals surface area contributed by atoms with E-state index in [1.54, 1.807) is 51.1 Å². The summed E-state index contributed by atoms with van der Waals surface area (Å²) in [4.78, 5) is 59.9. The molecule has 3 aliphatic heterocycles. The number of carbonyl (C=O) groups excluding carboxylic acids is 4. The molecule has 6 rings (SSSR count). The van der Waals surface area contributed by atoms with Crippen LogP contribution in [0.5, 0.6) is 0 Å². The van der Waals surface area contributed by atoms with Crippen molar-refractivity contribution in [1.29, 1.82) is 0 Å².